The minimum Gasteiger partial charge on any atom is -0.410 e. The van der Waals surface area contributed by atoms with E-state index in [0.717, 1.165) is 38.2 Å². The lowest BCUT2D eigenvalue weighted by atomic mass is 9.82. The van der Waals surface area contributed by atoms with Gasteiger partial charge < -0.3 is 19.0 Å². The van der Waals surface area contributed by atoms with Gasteiger partial charge in [-0.25, -0.2) is 0 Å². The summed E-state index contributed by atoms with van der Waals surface area (Å²) in [7, 11) is 0. The van der Waals surface area contributed by atoms with Crippen molar-refractivity contribution in [1.82, 2.24) is 15.1 Å². The maximum absolute atomic E-state index is 13.6. The van der Waals surface area contributed by atoms with Crippen molar-refractivity contribution in [3.63, 3.8) is 0 Å². The van der Waals surface area contributed by atoms with Gasteiger partial charge in [0.1, 0.15) is 5.75 Å². The number of amides is 1. The summed E-state index contributed by atoms with van der Waals surface area (Å²) in [5.74, 6) is 1.54. The summed E-state index contributed by atoms with van der Waals surface area (Å²) in [6.07, 6.45) is 2.39. The Morgan fingerprint density at radius 3 is 2.40 bits per heavy atom. The second kappa shape index (κ2) is 7.91. The fourth-order valence-corrected chi connectivity index (χ4v) is 4.50. The molecule has 1 atom stereocenters. The topological polar surface area (TPSA) is 71.7 Å². The zero-order valence-electron chi connectivity index (χ0n) is 16.9. The molecule has 3 aliphatic heterocycles. The average molecular weight is 404 g/mol. The third-order valence-electron chi connectivity index (χ3n) is 6.02. The number of carbonyl (C=O) groups excluding carboxylic acids is 1. The summed E-state index contributed by atoms with van der Waals surface area (Å²) in [4.78, 5) is 18.1. The molecule has 4 heterocycles. The number of aromatic nitrogens is 2. The number of benzene rings is 2. The predicted molar refractivity (Wildman–Crippen MR) is 112 cm³/mol. The SMILES string of the molecule is Cc1nnc(Oc2ccc(C(=O)N(c3ccccc3)[C@H]3CN4CCC3CC4)cc2)o1. The van der Waals surface area contributed by atoms with Gasteiger partial charge in [-0.2, -0.15) is 0 Å². The van der Waals surface area contributed by atoms with Crippen LogP contribution in [0.3, 0.4) is 0 Å². The van der Waals surface area contributed by atoms with Gasteiger partial charge in [0.15, 0.2) is 0 Å². The first-order valence-electron chi connectivity index (χ1n) is 10.4. The maximum Gasteiger partial charge on any atom is 0.420 e. The number of hydrogen-bond donors (Lipinski definition) is 0. The summed E-state index contributed by atoms with van der Waals surface area (Å²) in [5.41, 5.74) is 1.58. The molecule has 3 aliphatic rings. The molecule has 7 heteroatoms. The Morgan fingerprint density at radius 1 is 1.07 bits per heavy atom. The summed E-state index contributed by atoms with van der Waals surface area (Å²) >= 11 is 0. The van der Waals surface area contributed by atoms with Gasteiger partial charge in [-0.3, -0.25) is 4.79 Å². The van der Waals surface area contributed by atoms with E-state index in [9.17, 15) is 4.79 Å². The molecule has 1 amide bonds. The molecule has 154 valence electrons. The van der Waals surface area contributed by atoms with Gasteiger partial charge in [0.05, 0.1) is 6.04 Å². The number of carbonyl (C=O) groups is 1. The molecule has 30 heavy (non-hydrogen) atoms. The van der Waals surface area contributed by atoms with E-state index in [2.05, 4.69) is 15.1 Å². The molecular formula is C23H24N4O3. The van der Waals surface area contributed by atoms with Crippen LogP contribution >= 0.6 is 0 Å². The first kappa shape index (κ1) is 18.8. The monoisotopic (exact) mass is 404 g/mol. The smallest absolute Gasteiger partial charge is 0.410 e. The van der Waals surface area contributed by atoms with E-state index in [1.165, 1.54) is 0 Å². The molecule has 0 unspecified atom stereocenters. The number of fused-ring (bicyclic) bond motifs is 3. The Labute approximate surface area is 175 Å². The molecule has 3 saturated heterocycles. The van der Waals surface area contributed by atoms with Crippen molar-refractivity contribution in [1.29, 1.82) is 0 Å². The Kier molecular flexibility index (Phi) is 4.96. The number of hydrogen-bond acceptors (Lipinski definition) is 6. The van der Waals surface area contributed by atoms with Gasteiger partial charge in [0.25, 0.3) is 5.91 Å². The Morgan fingerprint density at radius 2 is 1.80 bits per heavy atom. The lowest BCUT2D eigenvalue weighted by Gasteiger charge is -2.49. The van der Waals surface area contributed by atoms with Gasteiger partial charge in [-0.1, -0.05) is 23.3 Å². The third kappa shape index (κ3) is 3.68. The van der Waals surface area contributed by atoms with Crippen molar-refractivity contribution < 1.29 is 13.9 Å². The predicted octanol–water partition coefficient (Wildman–Crippen LogP) is 3.91. The number of nitrogens with zero attached hydrogens (tertiary/aromatic N) is 4. The zero-order chi connectivity index (χ0) is 20.5. The van der Waals surface area contributed by atoms with Crippen molar-refractivity contribution >= 4 is 11.6 Å². The van der Waals surface area contributed by atoms with E-state index in [0.29, 0.717) is 23.1 Å². The molecular weight excluding hydrogens is 380 g/mol. The van der Waals surface area contributed by atoms with Gasteiger partial charge in [-0.15, -0.1) is 5.10 Å². The molecule has 6 rings (SSSR count). The van der Waals surface area contributed by atoms with Crippen molar-refractivity contribution in [2.75, 3.05) is 24.5 Å². The van der Waals surface area contributed by atoms with Crippen LogP contribution in [0.15, 0.2) is 59.0 Å². The maximum atomic E-state index is 13.6. The summed E-state index contributed by atoms with van der Waals surface area (Å²) in [6, 6.07) is 17.3. The zero-order valence-corrected chi connectivity index (χ0v) is 16.9. The molecule has 2 aromatic carbocycles. The number of anilines is 1. The molecule has 0 N–H and O–H groups in total. The Balaban J connectivity index is 1.40. The quantitative estimate of drug-likeness (QED) is 0.642. The molecule has 0 spiro atoms. The summed E-state index contributed by atoms with van der Waals surface area (Å²) in [5, 5.41) is 7.58. The van der Waals surface area contributed by atoms with E-state index in [1.54, 1.807) is 31.2 Å². The number of para-hydroxylation sites is 1. The molecule has 3 fully saturated rings. The fourth-order valence-electron chi connectivity index (χ4n) is 4.50. The van der Waals surface area contributed by atoms with E-state index in [1.807, 2.05) is 35.2 Å². The molecule has 7 nitrogen and oxygen atoms in total. The Hall–Kier alpha value is -3.19. The van der Waals surface area contributed by atoms with Crippen LogP contribution in [0, 0.1) is 12.8 Å². The van der Waals surface area contributed by atoms with Crippen LogP contribution in [0.25, 0.3) is 0 Å². The first-order valence-corrected chi connectivity index (χ1v) is 10.4. The lowest BCUT2D eigenvalue weighted by Crippen LogP contribution is -2.59. The van der Waals surface area contributed by atoms with Crippen LogP contribution in [-0.2, 0) is 0 Å². The van der Waals surface area contributed by atoms with Crippen LogP contribution in [0.5, 0.6) is 11.8 Å². The minimum absolute atomic E-state index is 0.0140. The van der Waals surface area contributed by atoms with E-state index in [4.69, 9.17) is 9.15 Å². The molecule has 0 aliphatic carbocycles. The van der Waals surface area contributed by atoms with Crippen molar-refractivity contribution in [3.05, 3.63) is 66.1 Å². The number of aryl methyl sites for hydroxylation is 1. The summed E-state index contributed by atoms with van der Waals surface area (Å²) < 4.78 is 10.8. The van der Waals surface area contributed by atoms with Crippen LogP contribution in [0.2, 0.25) is 0 Å². The highest BCUT2D eigenvalue weighted by molar-refractivity contribution is 6.06. The standard InChI is InChI=1S/C23H24N4O3/c1-16-24-25-23(29-16)30-20-9-7-18(8-10-20)22(28)27(19-5-3-2-4-6-19)21-15-26-13-11-17(21)12-14-26/h2-10,17,21H,11-15H2,1H3/t21-/m0/s1. The number of piperidine rings is 3. The highest BCUT2D eigenvalue weighted by Gasteiger charge is 2.40. The van der Waals surface area contributed by atoms with Crippen molar-refractivity contribution in [2.24, 2.45) is 5.92 Å². The van der Waals surface area contributed by atoms with Crippen molar-refractivity contribution in [2.45, 2.75) is 25.8 Å². The number of rotatable bonds is 5. The summed E-state index contributed by atoms with van der Waals surface area (Å²) in [6.45, 7) is 4.91. The Bertz CT molecular complexity index is 1010. The van der Waals surface area contributed by atoms with Crippen LogP contribution in [0.4, 0.5) is 5.69 Å². The second-order valence-corrected chi connectivity index (χ2v) is 7.93. The normalized spacial score (nSPS) is 22.6. The highest BCUT2D eigenvalue weighted by Crippen LogP contribution is 2.34. The van der Waals surface area contributed by atoms with Gasteiger partial charge in [0.2, 0.25) is 5.89 Å². The largest absolute Gasteiger partial charge is 0.420 e. The van der Waals surface area contributed by atoms with Crippen LogP contribution < -0.4 is 9.64 Å². The fraction of sp³-hybridized carbons (Fsp3) is 0.348. The molecule has 3 aromatic rings. The minimum atomic E-state index is 0.0140. The molecule has 0 radical (unpaired) electrons. The van der Waals surface area contributed by atoms with Crippen LogP contribution in [0.1, 0.15) is 29.1 Å². The molecule has 1 aromatic heterocycles. The second-order valence-electron chi connectivity index (χ2n) is 7.93. The number of ether oxygens (including phenoxy) is 1. The average Bonchev–Trinajstić information content (AvgIpc) is 3.20. The van der Waals surface area contributed by atoms with Crippen molar-refractivity contribution in [3.8, 4) is 11.8 Å². The first-order chi connectivity index (χ1) is 14.7. The van der Waals surface area contributed by atoms with E-state index < -0.39 is 0 Å². The van der Waals surface area contributed by atoms with Gasteiger partial charge in [-0.05, 0) is 68.2 Å². The van der Waals surface area contributed by atoms with Gasteiger partial charge in [0, 0.05) is 24.7 Å². The van der Waals surface area contributed by atoms with E-state index in [-0.39, 0.29) is 18.0 Å². The third-order valence-corrected chi connectivity index (χ3v) is 6.02. The van der Waals surface area contributed by atoms with Gasteiger partial charge >= 0.3 is 6.08 Å². The lowest BCUT2D eigenvalue weighted by molar-refractivity contribution is 0.0734. The highest BCUT2D eigenvalue weighted by atomic mass is 16.6. The van der Waals surface area contributed by atoms with Crippen LogP contribution in [-0.4, -0.2) is 46.7 Å². The molecule has 2 bridgehead atoms. The van der Waals surface area contributed by atoms with E-state index >= 15 is 0 Å². The molecule has 0 saturated carbocycles.